The van der Waals surface area contributed by atoms with E-state index >= 15 is 0 Å². The molecule has 0 aromatic heterocycles. The van der Waals surface area contributed by atoms with Gasteiger partial charge in [0.05, 0.1) is 13.2 Å². The van der Waals surface area contributed by atoms with Crippen molar-refractivity contribution in [3.05, 3.63) is 12.2 Å². The summed E-state index contributed by atoms with van der Waals surface area (Å²) in [4.78, 5) is 45.9. The van der Waals surface area contributed by atoms with Gasteiger partial charge in [-0.15, -0.1) is 0 Å². The van der Waals surface area contributed by atoms with Crippen molar-refractivity contribution in [1.29, 1.82) is 0 Å². The van der Waals surface area contributed by atoms with E-state index in [0.717, 1.165) is 38.5 Å². The molecular weight excluding hydrogens is 721 g/mol. The highest BCUT2D eigenvalue weighted by atomic mass is 31.2. The molecule has 0 rings (SSSR count). The summed E-state index contributed by atoms with van der Waals surface area (Å²) in [6, 6.07) is -1.52. The fourth-order valence-corrected chi connectivity index (χ4v) is 7.02. The molecule has 0 bridgehead atoms. The third kappa shape index (κ3) is 38.9. The average molecular weight is 804 g/mol. The maximum atomic E-state index is 12.6. The number of carboxylic acid groups (broad SMARTS) is 1. The summed E-state index contributed by atoms with van der Waals surface area (Å²) in [6.45, 7) is 2.81. The molecule has 3 atom stereocenters. The van der Waals surface area contributed by atoms with E-state index in [1.54, 1.807) is 0 Å². The zero-order valence-corrected chi connectivity index (χ0v) is 35.9. The standard InChI is InChI=1S/C43H82NO10P/c1-3-5-7-9-11-13-15-17-18-19-20-21-22-23-25-26-28-30-32-34-41(45)51-36-39(37-52-55(49,50)53-38-40(44)43(47)48)54-42(46)35-33-31-29-27-24-16-14-12-10-8-6-4-2/h17-18,39-40H,3-16,19-38,44H2,1-2H3,(H,47,48)(H,49,50)/b18-17-/t39-,40+/m1/s1. The first kappa shape index (κ1) is 53.2. The Morgan fingerprint density at radius 1 is 0.545 bits per heavy atom. The van der Waals surface area contributed by atoms with Gasteiger partial charge in [0, 0.05) is 12.8 Å². The number of nitrogens with two attached hydrogens (primary N) is 1. The van der Waals surface area contributed by atoms with Crippen LogP contribution in [-0.2, 0) is 37.5 Å². The number of carboxylic acids is 1. The Morgan fingerprint density at radius 3 is 1.33 bits per heavy atom. The fraction of sp³-hybridized carbons (Fsp3) is 0.884. The Labute approximate surface area is 335 Å². The van der Waals surface area contributed by atoms with Gasteiger partial charge < -0.3 is 25.2 Å². The van der Waals surface area contributed by atoms with Gasteiger partial charge in [-0.2, -0.15) is 0 Å². The number of allylic oxidation sites excluding steroid dienone is 2. The van der Waals surface area contributed by atoms with E-state index in [1.165, 1.54) is 135 Å². The lowest BCUT2D eigenvalue weighted by Gasteiger charge is -2.20. The van der Waals surface area contributed by atoms with E-state index in [1.807, 2.05) is 0 Å². The molecule has 55 heavy (non-hydrogen) atoms. The predicted molar refractivity (Wildman–Crippen MR) is 222 cm³/mol. The number of unbranched alkanes of at least 4 members (excludes halogenated alkanes) is 26. The van der Waals surface area contributed by atoms with Crippen LogP contribution in [0.4, 0.5) is 0 Å². The first-order chi connectivity index (χ1) is 26.6. The van der Waals surface area contributed by atoms with Gasteiger partial charge in [0.2, 0.25) is 0 Å². The first-order valence-electron chi connectivity index (χ1n) is 22.2. The minimum absolute atomic E-state index is 0.166. The second-order valence-corrected chi connectivity index (χ2v) is 16.6. The molecule has 0 saturated carbocycles. The molecule has 12 heteroatoms. The Bertz CT molecular complexity index is 995. The number of carbonyl (C=O) groups excluding carboxylic acids is 2. The summed E-state index contributed by atoms with van der Waals surface area (Å²) >= 11 is 0. The van der Waals surface area contributed by atoms with Crippen molar-refractivity contribution in [2.24, 2.45) is 5.73 Å². The molecule has 0 radical (unpaired) electrons. The lowest BCUT2D eigenvalue weighted by atomic mass is 10.0. The number of aliphatic carboxylic acids is 1. The SMILES string of the molecule is CCCCCCCC/C=C\CCCCCCCCCCCC(=O)OC[C@H](COP(=O)(O)OC[C@H](N)C(=O)O)OC(=O)CCCCCCCCCCCCCC. The molecule has 0 aromatic rings. The highest BCUT2D eigenvalue weighted by molar-refractivity contribution is 7.47. The summed E-state index contributed by atoms with van der Waals surface area (Å²) in [6.07, 6.45) is 38.5. The molecule has 0 aliphatic heterocycles. The fourth-order valence-electron chi connectivity index (χ4n) is 6.24. The molecule has 0 fully saturated rings. The third-order valence-corrected chi connectivity index (χ3v) is 10.7. The van der Waals surface area contributed by atoms with E-state index < -0.39 is 51.1 Å². The number of phosphoric ester groups is 1. The maximum Gasteiger partial charge on any atom is 0.472 e. The third-order valence-electron chi connectivity index (χ3n) is 9.76. The predicted octanol–water partition coefficient (Wildman–Crippen LogP) is 11.7. The average Bonchev–Trinajstić information content (AvgIpc) is 3.16. The smallest absolute Gasteiger partial charge is 0.472 e. The molecule has 0 aromatic carbocycles. The number of carbonyl (C=O) groups is 3. The van der Waals surface area contributed by atoms with Crippen molar-refractivity contribution in [3.8, 4) is 0 Å². The minimum Gasteiger partial charge on any atom is -0.480 e. The largest absolute Gasteiger partial charge is 0.480 e. The highest BCUT2D eigenvalue weighted by Crippen LogP contribution is 2.43. The lowest BCUT2D eigenvalue weighted by molar-refractivity contribution is -0.161. The quantitative estimate of drug-likeness (QED) is 0.0232. The number of hydrogen-bond donors (Lipinski definition) is 3. The molecule has 4 N–H and O–H groups in total. The first-order valence-corrected chi connectivity index (χ1v) is 23.7. The molecule has 0 saturated heterocycles. The number of phosphoric acid groups is 1. The molecular formula is C43H82NO10P. The van der Waals surface area contributed by atoms with E-state index in [-0.39, 0.29) is 19.4 Å². The molecule has 0 spiro atoms. The van der Waals surface area contributed by atoms with Gasteiger partial charge in [-0.1, -0.05) is 174 Å². The van der Waals surface area contributed by atoms with Crippen LogP contribution < -0.4 is 5.73 Å². The van der Waals surface area contributed by atoms with Gasteiger partial charge >= 0.3 is 25.7 Å². The van der Waals surface area contributed by atoms with Crippen LogP contribution in [0.3, 0.4) is 0 Å². The molecule has 0 aliphatic rings. The van der Waals surface area contributed by atoms with E-state index in [0.29, 0.717) is 12.8 Å². The van der Waals surface area contributed by atoms with Crippen LogP contribution >= 0.6 is 7.82 Å². The summed E-state index contributed by atoms with van der Waals surface area (Å²) in [5, 5.41) is 8.88. The number of hydrogen-bond acceptors (Lipinski definition) is 9. The van der Waals surface area contributed by atoms with Crippen LogP contribution in [0.1, 0.15) is 213 Å². The van der Waals surface area contributed by atoms with E-state index in [4.69, 9.17) is 24.8 Å². The number of rotatable bonds is 42. The van der Waals surface area contributed by atoms with Crippen molar-refractivity contribution >= 4 is 25.7 Å². The van der Waals surface area contributed by atoms with Crippen molar-refractivity contribution in [1.82, 2.24) is 0 Å². The molecule has 0 heterocycles. The monoisotopic (exact) mass is 804 g/mol. The summed E-state index contributed by atoms with van der Waals surface area (Å²) in [5.41, 5.74) is 5.33. The Kier molecular flexibility index (Phi) is 37.8. The summed E-state index contributed by atoms with van der Waals surface area (Å²) < 4.78 is 32.7. The van der Waals surface area contributed by atoms with Crippen molar-refractivity contribution in [2.75, 3.05) is 19.8 Å². The van der Waals surface area contributed by atoms with E-state index in [9.17, 15) is 23.8 Å². The lowest BCUT2D eigenvalue weighted by Crippen LogP contribution is -2.34. The molecule has 1 unspecified atom stereocenters. The zero-order valence-electron chi connectivity index (χ0n) is 35.0. The van der Waals surface area contributed by atoms with Crippen molar-refractivity contribution < 1.29 is 47.5 Å². The number of esters is 2. The van der Waals surface area contributed by atoms with Gasteiger partial charge in [0.25, 0.3) is 0 Å². The topological polar surface area (TPSA) is 172 Å². The highest BCUT2D eigenvalue weighted by Gasteiger charge is 2.28. The van der Waals surface area contributed by atoms with Crippen LogP contribution in [0, 0.1) is 0 Å². The van der Waals surface area contributed by atoms with Gasteiger partial charge in [-0.3, -0.25) is 23.4 Å². The van der Waals surface area contributed by atoms with Crippen LogP contribution in [0.2, 0.25) is 0 Å². The van der Waals surface area contributed by atoms with Crippen LogP contribution in [0.15, 0.2) is 12.2 Å². The Balaban J connectivity index is 4.28. The molecule has 11 nitrogen and oxygen atoms in total. The molecule has 0 amide bonds. The maximum absolute atomic E-state index is 12.6. The Hall–Kier alpha value is -1.78. The van der Waals surface area contributed by atoms with Crippen molar-refractivity contribution in [3.63, 3.8) is 0 Å². The second kappa shape index (κ2) is 39.1. The van der Waals surface area contributed by atoms with Crippen molar-refractivity contribution in [2.45, 2.75) is 225 Å². The van der Waals surface area contributed by atoms with Crippen LogP contribution in [0.5, 0.6) is 0 Å². The molecule has 324 valence electrons. The number of ether oxygens (including phenoxy) is 2. The van der Waals surface area contributed by atoms with Gasteiger partial charge in [-0.25, -0.2) is 4.57 Å². The van der Waals surface area contributed by atoms with Gasteiger partial charge in [0.1, 0.15) is 12.6 Å². The van der Waals surface area contributed by atoms with Gasteiger partial charge in [0.15, 0.2) is 6.10 Å². The second-order valence-electron chi connectivity index (χ2n) is 15.2. The van der Waals surface area contributed by atoms with Gasteiger partial charge in [-0.05, 0) is 38.5 Å². The van der Waals surface area contributed by atoms with Crippen LogP contribution in [-0.4, -0.2) is 59.9 Å². The zero-order chi connectivity index (χ0) is 40.7. The normalized spacial score (nSPS) is 13.8. The van der Waals surface area contributed by atoms with Crippen LogP contribution in [0.25, 0.3) is 0 Å². The minimum atomic E-state index is -4.71. The van der Waals surface area contributed by atoms with E-state index in [2.05, 4.69) is 30.5 Å². The Morgan fingerprint density at radius 2 is 0.909 bits per heavy atom. The summed E-state index contributed by atoms with van der Waals surface area (Å²) in [7, 11) is -4.71. The summed E-state index contributed by atoms with van der Waals surface area (Å²) in [5.74, 6) is -2.37. The molecule has 0 aliphatic carbocycles.